The van der Waals surface area contributed by atoms with Gasteiger partial charge in [0, 0.05) is 5.54 Å². The maximum atomic E-state index is 10.9. The van der Waals surface area contributed by atoms with Gasteiger partial charge in [0.1, 0.15) is 5.37 Å². The van der Waals surface area contributed by atoms with Crippen LogP contribution in [0.1, 0.15) is 27.7 Å². The van der Waals surface area contributed by atoms with Crippen molar-refractivity contribution in [1.29, 1.82) is 0 Å². The van der Waals surface area contributed by atoms with Crippen molar-refractivity contribution in [3.05, 3.63) is 0 Å². The van der Waals surface area contributed by atoms with Gasteiger partial charge in [-0.3, -0.25) is 10.1 Å². The third-order valence-electron chi connectivity index (χ3n) is 1.04. The van der Waals surface area contributed by atoms with E-state index in [1.165, 1.54) is 10.8 Å². The Bertz CT molecular complexity index is 142. The van der Waals surface area contributed by atoms with E-state index in [0.717, 1.165) is 0 Å². The minimum atomic E-state index is -0.196. The van der Waals surface area contributed by atoms with Gasteiger partial charge in [-0.05, 0) is 27.7 Å². The largest absolute Gasteiger partial charge is 0.297 e. The second kappa shape index (κ2) is 4.38. The first-order chi connectivity index (χ1) is 4.87. The van der Waals surface area contributed by atoms with Crippen molar-refractivity contribution >= 4 is 28.2 Å². The van der Waals surface area contributed by atoms with Crippen molar-refractivity contribution < 1.29 is 4.79 Å². The third kappa shape index (κ3) is 5.58. The summed E-state index contributed by atoms with van der Waals surface area (Å²) < 4.78 is 0. The Morgan fingerprint density at radius 3 is 2.09 bits per heavy atom. The van der Waals surface area contributed by atoms with Crippen molar-refractivity contribution in [2.75, 3.05) is 0 Å². The molecular formula is C7H15NOS2. The molecule has 1 atom stereocenters. The molecule has 0 saturated heterocycles. The SMILES string of the molecule is CC(=O)C(NC(C)(C)C)SS. The van der Waals surface area contributed by atoms with Gasteiger partial charge in [-0.25, -0.2) is 0 Å². The van der Waals surface area contributed by atoms with E-state index >= 15 is 0 Å². The minimum absolute atomic E-state index is 0.0356. The van der Waals surface area contributed by atoms with Gasteiger partial charge in [0.2, 0.25) is 0 Å². The van der Waals surface area contributed by atoms with E-state index < -0.39 is 0 Å². The smallest absolute Gasteiger partial charge is 0.157 e. The Morgan fingerprint density at radius 1 is 1.55 bits per heavy atom. The van der Waals surface area contributed by atoms with Gasteiger partial charge in [0.05, 0.1) is 0 Å². The summed E-state index contributed by atoms with van der Waals surface area (Å²) in [4.78, 5) is 10.9. The number of hydrogen-bond donors (Lipinski definition) is 2. The fourth-order valence-corrected chi connectivity index (χ4v) is 1.75. The summed E-state index contributed by atoms with van der Waals surface area (Å²) in [6.07, 6.45) is 0. The first-order valence-corrected chi connectivity index (χ1v) is 5.38. The average Bonchev–Trinajstić information content (AvgIpc) is 1.80. The monoisotopic (exact) mass is 193 g/mol. The molecule has 1 N–H and O–H groups in total. The van der Waals surface area contributed by atoms with E-state index in [9.17, 15) is 4.79 Å². The Kier molecular flexibility index (Phi) is 4.51. The zero-order valence-electron chi connectivity index (χ0n) is 7.34. The summed E-state index contributed by atoms with van der Waals surface area (Å²) in [6, 6.07) is 0. The van der Waals surface area contributed by atoms with Crippen LogP contribution in [0.15, 0.2) is 0 Å². The first-order valence-electron chi connectivity index (χ1n) is 3.45. The van der Waals surface area contributed by atoms with Crippen LogP contribution in [0.2, 0.25) is 0 Å². The molecule has 0 aliphatic heterocycles. The Labute approximate surface area is 77.3 Å². The van der Waals surface area contributed by atoms with E-state index in [4.69, 9.17) is 0 Å². The highest BCUT2D eigenvalue weighted by Crippen LogP contribution is 2.16. The summed E-state index contributed by atoms with van der Waals surface area (Å²) in [5, 5.41) is 2.95. The standard InChI is InChI=1S/C7H15NOS2/c1-5(9)6(11-10)8-7(2,3)4/h6,8,10H,1-4H3. The lowest BCUT2D eigenvalue weighted by atomic mass is 10.1. The van der Waals surface area contributed by atoms with Gasteiger partial charge in [-0.2, -0.15) is 0 Å². The highest BCUT2D eigenvalue weighted by molar-refractivity contribution is 8.69. The van der Waals surface area contributed by atoms with Gasteiger partial charge in [-0.15, -0.1) is 11.7 Å². The number of ketones is 1. The van der Waals surface area contributed by atoms with E-state index in [1.54, 1.807) is 6.92 Å². The van der Waals surface area contributed by atoms with Gasteiger partial charge in [0.25, 0.3) is 0 Å². The summed E-state index contributed by atoms with van der Waals surface area (Å²) >= 11 is 4.00. The van der Waals surface area contributed by atoms with Gasteiger partial charge >= 0.3 is 0 Å². The molecule has 1 unspecified atom stereocenters. The van der Waals surface area contributed by atoms with E-state index in [2.05, 4.69) is 17.0 Å². The molecule has 0 saturated carbocycles. The third-order valence-corrected chi connectivity index (χ3v) is 2.33. The minimum Gasteiger partial charge on any atom is -0.297 e. The number of Topliss-reactive ketones (excluding diaryl/α,β-unsaturated/α-hetero) is 1. The van der Waals surface area contributed by atoms with Crippen LogP contribution in [0.25, 0.3) is 0 Å². The molecule has 0 heterocycles. The van der Waals surface area contributed by atoms with E-state index in [-0.39, 0.29) is 16.7 Å². The first kappa shape index (κ1) is 11.3. The van der Waals surface area contributed by atoms with Crippen LogP contribution in [0.5, 0.6) is 0 Å². The van der Waals surface area contributed by atoms with Crippen LogP contribution in [-0.4, -0.2) is 16.7 Å². The van der Waals surface area contributed by atoms with Crippen molar-refractivity contribution in [3.63, 3.8) is 0 Å². The molecule has 0 spiro atoms. The molecule has 0 aliphatic rings. The zero-order chi connectivity index (χ0) is 9.07. The summed E-state index contributed by atoms with van der Waals surface area (Å²) in [5.41, 5.74) is -0.0356. The fraction of sp³-hybridized carbons (Fsp3) is 0.857. The number of thiol groups is 1. The zero-order valence-corrected chi connectivity index (χ0v) is 9.05. The second-order valence-corrected chi connectivity index (χ2v) is 4.81. The van der Waals surface area contributed by atoms with Gasteiger partial charge in [-0.1, -0.05) is 10.8 Å². The van der Waals surface area contributed by atoms with Gasteiger partial charge in [0.15, 0.2) is 5.78 Å². The molecule has 2 nitrogen and oxygen atoms in total. The molecule has 0 rings (SSSR count). The maximum Gasteiger partial charge on any atom is 0.157 e. The van der Waals surface area contributed by atoms with Crippen molar-refractivity contribution in [3.8, 4) is 0 Å². The highest BCUT2D eigenvalue weighted by atomic mass is 33.1. The molecule has 66 valence electrons. The Hall–Kier alpha value is 0.330. The fourth-order valence-electron chi connectivity index (χ4n) is 0.595. The molecule has 11 heavy (non-hydrogen) atoms. The van der Waals surface area contributed by atoms with Crippen molar-refractivity contribution in [2.45, 2.75) is 38.6 Å². The number of hydrogen-bond acceptors (Lipinski definition) is 4. The van der Waals surface area contributed by atoms with Crippen molar-refractivity contribution in [2.24, 2.45) is 0 Å². The summed E-state index contributed by atoms with van der Waals surface area (Å²) in [7, 11) is 1.24. The molecule has 0 aliphatic carbocycles. The molecule has 0 fully saturated rings. The summed E-state index contributed by atoms with van der Waals surface area (Å²) in [6.45, 7) is 7.62. The average molecular weight is 193 g/mol. The molecule has 0 bridgehead atoms. The van der Waals surface area contributed by atoms with Crippen LogP contribution in [0.3, 0.4) is 0 Å². The number of carbonyl (C=O) groups is 1. The molecule has 4 heteroatoms. The lowest BCUT2D eigenvalue weighted by Crippen LogP contribution is -2.44. The predicted octanol–water partition coefficient (Wildman–Crippen LogP) is 1.87. The van der Waals surface area contributed by atoms with Crippen LogP contribution in [0, 0.1) is 0 Å². The van der Waals surface area contributed by atoms with E-state index in [1.807, 2.05) is 20.8 Å². The number of carbonyl (C=O) groups excluding carboxylic acids is 1. The highest BCUT2D eigenvalue weighted by Gasteiger charge is 2.19. The Balaban J connectivity index is 3.99. The molecule has 0 aromatic rings. The number of rotatable bonds is 3. The predicted molar refractivity (Wildman–Crippen MR) is 53.9 cm³/mol. The molecule has 0 aromatic heterocycles. The molecule has 0 amide bonds. The lowest BCUT2D eigenvalue weighted by molar-refractivity contribution is -0.117. The van der Waals surface area contributed by atoms with Crippen LogP contribution in [-0.2, 0) is 4.79 Å². The van der Waals surface area contributed by atoms with Gasteiger partial charge < -0.3 is 0 Å². The van der Waals surface area contributed by atoms with Crippen LogP contribution < -0.4 is 5.32 Å². The van der Waals surface area contributed by atoms with Crippen molar-refractivity contribution in [1.82, 2.24) is 5.32 Å². The lowest BCUT2D eigenvalue weighted by Gasteiger charge is -2.25. The summed E-state index contributed by atoms with van der Waals surface area (Å²) in [5.74, 6) is 0.111. The normalized spacial score (nSPS) is 14.6. The van der Waals surface area contributed by atoms with Crippen LogP contribution in [0.4, 0.5) is 0 Å². The maximum absolute atomic E-state index is 10.9. The molecular weight excluding hydrogens is 178 g/mol. The quantitative estimate of drug-likeness (QED) is 0.407. The van der Waals surface area contributed by atoms with Crippen LogP contribution >= 0.6 is 22.5 Å². The second-order valence-electron chi connectivity index (χ2n) is 3.49. The van der Waals surface area contributed by atoms with E-state index in [0.29, 0.717) is 0 Å². The molecule has 0 radical (unpaired) electrons. The number of nitrogens with one attached hydrogen (secondary N) is 1. The molecule has 0 aromatic carbocycles. The topological polar surface area (TPSA) is 29.1 Å². The Morgan fingerprint density at radius 2 is 2.00 bits per heavy atom.